The van der Waals surface area contributed by atoms with Gasteiger partial charge >= 0.3 is 0 Å². The number of aromatic amines is 1. The number of phenols is 1. The topological polar surface area (TPSA) is 53.1 Å². The number of benzene rings is 2. The van der Waals surface area contributed by atoms with Crippen LogP contribution >= 0.6 is 0 Å². The van der Waals surface area contributed by atoms with Crippen molar-refractivity contribution in [1.82, 2.24) is 4.98 Å². The van der Waals surface area contributed by atoms with Gasteiger partial charge in [-0.05, 0) is 23.3 Å². The predicted octanol–water partition coefficient (Wildman–Crippen LogP) is 3.37. The van der Waals surface area contributed by atoms with Crippen molar-refractivity contribution in [2.45, 2.75) is 12.8 Å². The van der Waals surface area contributed by atoms with Gasteiger partial charge in [0.25, 0.3) is 5.56 Å². The van der Waals surface area contributed by atoms with Crippen molar-refractivity contribution in [1.29, 1.82) is 0 Å². The molecule has 3 nitrogen and oxygen atoms in total. The lowest BCUT2D eigenvalue weighted by Gasteiger charge is -2.11. The van der Waals surface area contributed by atoms with Crippen molar-refractivity contribution >= 4 is 10.8 Å². The number of H-pyrrole nitrogens is 1. The molecule has 0 saturated heterocycles. The smallest absolute Gasteiger partial charge is 0.256 e. The molecule has 0 saturated carbocycles. The Hall–Kier alpha value is -2.55. The van der Waals surface area contributed by atoms with E-state index in [4.69, 9.17) is 0 Å². The third-order valence-corrected chi connectivity index (χ3v) is 4.19. The van der Waals surface area contributed by atoms with Crippen LogP contribution < -0.4 is 5.56 Å². The second-order valence-corrected chi connectivity index (χ2v) is 5.25. The summed E-state index contributed by atoms with van der Waals surface area (Å²) in [5.41, 5.74) is 3.94. The lowest BCUT2D eigenvalue weighted by molar-refractivity contribution is 0.481. The summed E-state index contributed by atoms with van der Waals surface area (Å²) >= 11 is 0. The highest BCUT2D eigenvalue weighted by Gasteiger charge is 2.29. The summed E-state index contributed by atoms with van der Waals surface area (Å²) in [7, 11) is 0. The molecule has 98 valence electrons. The average Bonchev–Trinajstić information content (AvgIpc) is 2.73. The number of phenolic OH excluding ortho intramolecular Hbond substituents is 1. The molecule has 1 atom stereocenters. The number of nitrogens with one attached hydrogen (secondary N) is 1. The average molecular weight is 263 g/mol. The summed E-state index contributed by atoms with van der Waals surface area (Å²) in [5, 5.41) is 11.4. The molecule has 1 heterocycles. The van der Waals surface area contributed by atoms with Crippen LogP contribution in [-0.2, 0) is 0 Å². The molecular weight excluding hydrogens is 250 g/mol. The Balaban J connectivity index is 2.24. The maximum atomic E-state index is 12.2. The van der Waals surface area contributed by atoms with E-state index in [1.165, 1.54) is 5.56 Å². The fraction of sp³-hybridized carbons (Fsp3) is 0.118. The van der Waals surface area contributed by atoms with Gasteiger partial charge in [0.15, 0.2) is 0 Å². The molecule has 0 bridgehead atoms. The van der Waals surface area contributed by atoms with E-state index in [0.717, 1.165) is 16.8 Å². The van der Waals surface area contributed by atoms with E-state index in [2.05, 4.69) is 18.0 Å². The molecule has 4 rings (SSSR count). The first-order valence-corrected chi connectivity index (χ1v) is 6.65. The highest BCUT2D eigenvalue weighted by Crippen LogP contribution is 2.47. The van der Waals surface area contributed by atoms with Crippen molar-refractivity contribution in [3.63, 3.8) is 0 Å². The van der Waals surface area contributed by atoms with Crippen LogP contribution in [0.1, 0.15) is 24.0 Å². The minimum atomic E-state index is -0.154. The van der Waals surface area contributed by atoms with Crippen LogP contribution in [0.3, 0.4) is 0 Å². The first kappa shape index (κ1) is 11.3. The van der Waals surface area contributed by atoms with Crippen molar-refractivity contribution in [2.75, 3.05) is 0 Å². The summed E-state index contributed by atoms with van der Waals surface area (Å²) in [6.45, 7) is 2.11. The fourth-order valence-corrected chi connectivity index (χ4v) is 3.29. The van der Waals surface area contributed by atoms with Crippen LogP contribution in [0.25, 0.3) is 22.0 Å². The van der Waals surface area contributed by atoms with Crippen molar-refractivity contribution < 1.29 is 5.11 Å². The molecule has 1 aliphatic rings. The number of aromatic nitrogens is 1. The first-order valence-electron chi connectivity index (χ1n) is 6.65. The maximum Gasteiger partial charge on any atom is 0.256 e. The summed E-state index contributed by atoms with van der Waals surface area (Å²) in [6.07, 6.45) is 0. The molecule has 0 amide bonds. The molecule has 2 aromatic carbocycles. The van der Waals surface area contributed by atoms with Crippen LogP contribution in [-0.4, -0.2) is 10.1 Å². The highest BCUT2D eigenvalue weighted by molar-refractivity contribution is 5.97. The third-order valence-electron chi connectivity index (χ3n) is 4.19. The zero-order valence-corrected chi connectivity index (χ0v) is 11.0. The van der Waals surface area contributed by atoms with E-state index in [1.807, 2.05) is 18.2 Å². The lowest BCUT2D eigenvalue weighted by Crippen LogP contribution is -2.09. The minimum absolute atomic E-state index is 0.154. The van der Waals surface area contributed by atoms with Gasteiger partial charge in [-0.15, -0.1) is 0 Å². The van der Waals surface area contributed by atoms with Gasteiger partial charge in [0.1, 0.15) is 5.75 Å². The molecule has 20 heavy (non-hydrogen) atoms. The standard InChI is InChI=1S/C17H13NO2/c1-9-10-5-2-3-6-11(10)16-14(9)15-12(17(20)18-16)7-4-8-13(15)19/h2-9,19H,1H3,(H,18,20). The fourth-order valence-electron chi connectivity index (χ4n) is 3.29. The molecule has 0 aliphatic heterocycles. The molecule has 3 heteroatoms. The normalized spacial score (nSPS) is 16.1. The number of fused-ring (bicyclic) bond motifs is 5. The lowest BCUT2D eigenvalue weighted by atomic mass is 9.95. The van der Waals surface area contributed by atoms with Gasteiger partial charge in [-0.3, -0.25) is 4.79 Å². The van der Waals surface area contributed by atoms with E-state index in [1.54, 1.807) is 18.2 Å². The van der Waals surface area contributed by atoms with Crippen LogP contribution in [0.4, 0.5) is 0 Å². The van der Waals surface area contributed by atoms with E-state index in [9.17, 15) is 9.90 Å². The number of hydrogen-bond donors (Lipinski definition) is 2. The largest absolute Gasteiger partial charge is 0.507 e. The van der Waals surface area contributed by atoms with E-state index >= 15 is 0 Å². The molecule has 3 aromatic rings. The molecule has 1 unspecified atom stereocenters. The van der Waals surface area contributed by atoms with Crippen LogP contribution in [0.2, 0.25) is 0 Å². The molecule has 0 spiro atoms. The molecule has 0 radical (unpaired) electrons. The maximum absolute atomic E-state index is 12.2. The van der Waals surface area contributed by atoms with Crippen molar-refractivity contribution in [2.24, 2.45) is 0 Å². The van der Waals surface area contributed by atoms with Gasteiger partial charge in [0, 0.05) is 16.9 Å². The van der Waals surface area contributed by atoms with E-state index in [0.29, 0.717) is 10.8 Å². The minimum Gasteiger partial charge on any atom is -0.507 e. The number of hydrogen-bond acceptors (Lipinski definition) is 2. The zero-order chi connectivity index (χ0) is 13.9. The SMILES string of the molecule is CC1c2ccccc2-c2[nH]c(=O)c3cccc(O)c3c21. The Morgan fingerprint density at radius 2 is 1.90 bits per heavy atom. The van der Waals surface area contributed by atoms with E-state index in [-0.39, 0.29) is 17.2 Å². The van der Waals surface area contributed by atoms with Gasteiger partial charge < -0.3 is 10.1 Å². The van der Waals surface area contributed by atoms with Gasteiger partial charge in [-0.2, -0.15) is 0 Å². The van der Waals surface area contributed by atoms with Gasteiger partial charge in [-0.1, -0.05) is 37.3 Å². The molecular formula is C17H13NO2. The van der Waals surface area contributed by atoms with Crippen LogP contribution in [0, 0.1) is 0 Å². The zero-order valence-electron chi connectivity index (χ0n) is 11.0. The Morgan fingerprint density at radius 3 is 2.75 bits per heavy atom. The summed E-state index contributed by atoms with van der Waals surface area (Å²) in [5.74, 6) is 0.332. The Morgan fingerprint density at radius 1 is 1.10 bits per heavy atom. The third kappa shape index (κ3) is 1.27. The monoisotopic (exact) mass is 263 g/mol. The first-order chi connectivity index (χ1) is 9.68. The summed E-state index contributed by atoms with van der Waals surface area (Å²) < 4.78 is 0. The quantitative estimate of drug-likeness (QED) is 0.653. The molecule has 2 N–H and O–H groups in total. The Labute approximate surface area is 115 Å². The Bertz CT molecular complexity index is 908. The second kappa shape index (κ2) is 3.73. The molecule has 1 aliphatic carbocycles. The van der Waals surface area contributed by atoms with Gasteiger partial charge in [0.05, 0.1) is 11.1 Å². The summed E-state index contributed by atoms with van der Waals surface area (Å²) in [6, 6.07) is 13.1. The summed E-state index contributed by atoms with van der Waals surface area (Å²) in [4.78, 5) is 15.2. The Kier molecular flexibility index (Phi) is 2.11. The highest BCUT2D eigenvalue weighted by atomic mass is 16.3. The van der Waals surface area contributed by atoms with E-state index < -0.39 is 0 Å². The van der Waals surface area contributed by atoms with Crippen molar-refractivity contribution in [3.8, 4) is 17.0 Å². The predicted molar refractivity (Wildman–Crippen MR) is 79.2 cm³/mol. The van der Waals surface area contributed by atoms with Gasteiger partial charge in [0.2, 0.25) is 0 Å². The molecule has 0 fully saturated rings. The molecule has 1 aromatic heterocycles. The number of pyridine rings is 1. The van der Waals surface area contributed by atoms with Crippen molar-refractivity contribution in [3.05, 3.63) is 63.9 Å². The number of aromatic hydroxyl groups is 1. The second-order valence-electron chi connectivity index (χ2n) is 5.25. The van der Waals surface area contributed by atoms with Crippen LogP contribution in [0.5, 0.6) is 5.75 Å². The van der Waals surface area contributed by atoms with Gasteiger partial charge in [-0.25, -0.2) is 0 Å². The van der Waals surface area contributed by atoms with Crippen LogP contribution in [0.15, 0.2) is 47.3 Å². The number of rotatable bonds is 0.